The van der Waals surface area contributed by atoms with Crippen LogP contribution in [0, 0.1) is 0 Å². The number of carbonyl (C=O) groups is 1. The highest BCUT2D eigenvalue weighted by Gasteiger charge is 2.35. The minimum absolute atomic E-state index is 0.0230. The van der Waals surface area contributed by atoms with Gasteiger partial charge < -0.3 is 19.6 Å². The Kier molecular flexibility index (Phi) is 5.79. The molecule has 8 heteroatoms. The predicted octanol–water partition coefficient (Wildman–Crippen LogP) is 6.06. The van der Waals surface area contributed by atoms with Gasteiger partial charge in [-0.2, -0.15) is 13.2 Å². The molecule has 0 amide bonds. The lowest BCUT2D eigenvalue weighted by atomic mass is 10.0. The third-order valence-electron chi connectivity index (χ3n) is 5.60. The van der Waals surface area contributed by atoms with Gasteiger partial charge in [0, 0.05) is 22.5 Å². The van der Waals surface area contributed by atoms with Crippen LogP contribution in [0.15, 0.2) is 36.4 Å². The molecule has 170 valence electrons. The SMILES string of the molecule is CC(C)Oc1ccc(COc2ccc3[nH]c4c(c3c2)CC[C@@H]4CC(=O)O)cc1C(F)(F)F. The van der Waals surface area contributed by atoms with Crippen molar-refractivity contribution < 1.29 is 32.5 Å². The Balaban J connectivity index is 1.54. The van der Waals surface area contributed by atoms with Gasteiger partial charge in [-0.15, -0.1) is 0 Å². The Bertz CT molecular complexity index is 1150. The minimum Gasteiger partial charge on any atom is -0.490 e. The van der Waals surface area contributed by atoms with Crippen LogP contribution in [0.3, 0.4) is 0 Å². The molecule has 3 aromatic rings. The van der Waals surface area contributed by atoms with Crippen LogP contribution in [0.4, 0.5) is 13.2 Å². The number of fused-ring (bicyclic) bond motifs is 3. The van der Waals surface area contributed by atoms with Crippen molar-refractivity contribution in [1.29, 1.82) is 0 Å². The average Bonchev–Trinajstić information content (AvgIpc) is 3.25. The highest BCUT2D eigenvalue weighted by atomic mass is 19.4. The molecule has 0 radical (unpaired) electrons. The second-order valence-electron chi connectivity index (χ2n) is 8.34. The Hall–Kier alpha value is -3.16. The number of ether oxygens (including phenoxy) is 2. The fraction of sp³-hybridized carbons (Fsp3) is 0.375. The highest BCUT2D eigenvalue weighted by molar-refractivity contribution is 5.87. The van der Waals surface area contributed by atoms with Gasteiger partial charge in [-0.05, 0) is 68.1 Å². The van der Waals surface area contributed by atoms with Gasteiger partial charge in [0.25, 0.3) is 0 Å². The fourth-order valence-corrected chi connectivity index (χ4v) is 4.24. The van der Waals surface area contributed by atoms with Crippen molar-refractivity contribution in [2.75, 3.05) is 0 Å². The lowest BCUT2D eigenvalue weighted by molar-refractivity contribution is -0.139. The molecule has 0 aliphatic heterocycles. The predicted molar refractivity (Wildman–Crippen MR) is 113 cm³/mol. The molecule has 0 saturated carbocycles. The second kappa shape index (κ2) is 8.41. The molecule has 1 aliphatic rings. The number of aryl methyl sites for hydroxylation is 1. The second-order valence-corrected chi connectivity index (χ2v) is 8.34. The molecular weight excluding hydrogens is 423 g/mol. The number of halogens is 3. The van der Waals surface area contributed by atoms with E-state index < -0.39 is 17.7 Å². The Morgan fingerprint density at radius 3 is 2.69 bits per heavy atom. The number of aromatic amines is 1. The Morgan fingerprint density at radius 1 is 1.22 bits per heavy atom. The summed E-state index contributed by atoms with van der Waals surface area (Å²) in [5, 5.41) is 10.1. The van der Waals surface area contributed by atoms with Crippen molar-refractivity contribution in [3.8, 4) is 11.5 Å². The maximum atomic E-state index is 13.5. The summed E-state index contributed by atoms with van der Waals surface area (Å²) in [6.07, 6.45) is -3.26. The molecule has 0 unspecified atom stereocenters. The van der Waals surface area contributed by atoms with Gasteiger partial charge in [0.05, 0.1) is 18.1 Å². The van der Waals surface area contributed by atoms with E-state index in [-0.39, 0.29) is 30.8 Å². The molecule has 1 aromatic heterocycles. The van der Waals surface area contributed by atoms with E-state index in [1.54, 1.807) is 26.0 Å². The van der Waals surface area contributed by atoms with Gasteiger partial charge in [0.2, 0.25) is 0 Å². The zero-order valence-corrected chi connectivity index (χ0v) is 17.8. The highest BCUT2D eigenvalue weighted by Crippen LogP contribution is 2.41. The molecule has 1 aliphatic carbocycles. The van der Waals surface area contributed by atoms with Crippen molar-refractivity contribution in [1.82, 2.24) is 4.98 Å². The normalized spacial score (nSPS) is 15.9. The van der Waals surface area contributed by atoms with Crippen LogP contribution in [0.1, 0.15) is 55.0 Å². The minimum atomic E-state index is -4.53. The fourth-order valence-electron chi connectivity index (χ4n) is 4.24. The number of carboxylic acids is 1. The third-order valence-corrected chi connectivity index (χ3v) is 5.60. The summed E-state index contributed by atoms with van der Waals surface area (Å²) >= 11 is 0. The van der Waals surface area contributed by atoms with E-state index in [4.69, 9.17) is 14.6 Å². The zero-order valence-electron chi connectivity index (χ0n) is 17.8. The Labute approximate surface area is 183 Å². The number of alkyl halides is 3. The van der Waals surface area contributed by atoms with Gasteiger partial charge >= 0.3 is 12.1 Å². The van der Waals surface area contributed by atoms with Crippen LogP contribution in [0.5, 0.6) is 11.5 Å². The molecule has 5 nitrogen and oxygen atoms in total. The number of benzene rings is 2. The van der Waals surface area contributed by atoms with E-state index >= 15 is 0 Å². The monoisotopic (exact) mass is 447 g/mol. The van der Waals surface area contributed by atoms with Gasteiger partial charge in [0.1, 0.15) is 18.1 Å². The number of hydrogen-bond acceptors (Lipinski definition) is 3. The molecule has 2 N–H and O–H groups in total. The average molecular weight is 447 g/mol. The molecule has 0 spiro atoms. The summed E-state index contributed by atoms with van der Waals surface area (Å²) in [6, 6.07) is 9.40. The first-order valence-electron chi connectivity index (χ1n) is 10.5. The van der Waals surface area contributed by atoms with Crippen LogP contribution >= 0.6 is 0 Å². The molecule has 0 saturated heterocycles. The maximum Gasteiger partial charge on any atom is 0.419 e. The molecule has 32 heavy (non-hydrogen) atoms. The summed E-state index contributed by atoms with van der Waals surface area (Å²) in [7, 11) is 0. The maximum absolute atomic E-state index is 13.5. The summed E-state index contributed by atoms with van der Waals surface area (Å²) in [5.41, 5.74) is 2.50. The van der Waals surface area contributed by atoms with E-state index in [0.717, 1.165) is 41.1 Å². The number of aromatic nitrogens is 1. The van der Waals surface area contributed by atoms with Crippen LogP contribution < -0.4 is 9.47 Å². The first-order valence-corrected chi connectivity index (χ1v) is 10.5. The first kappa shape index (κ1) is 22.0. The van der Waals surface area contributed by atoms with Gasteiger partial charge in [-0.1, -0.05) is 6.07 Å². The summed E-state index contributed by atoms with van der Waals surface area (Å²) in [5.74, 6) is -0.520. The summed E-state index contributed by atoms with van der Waals surface area (Å²) in [4.78, 5) is 14.4. The molecule has 0 fully saturated rings. The topological polar surface area (TPSA) is 71.5 Å². The standard InChI is InChI=1S/C24H24F3NO4/c1-13(2)32-21-8-3-14(9-19(21)24(25,26)27)12-31-16-5-7-20-18(11-16)17-6-4-15(10-22(29)30)23(17)28-20/h3,5,7-9,11,13,15,28H,4,6,10,12H2,1-2H3,(H,29,30)/t15-/m1/s1. The van der Waals surface area contributed by atoms with Crippen molar-refractivity contribution in [3.05, 3.63) is 58.8 Å². The first-order chi connectivity index (χ1) is 15.1. The molecular formula is C24H24F3NO4. The molecule has 1 atom stereocenters. The lowest BCUT2D eigenvalue weighted by Gasteiger charge is -2.17. The van der Waals surface area contributed by atoms with Crippen LogP contribution in [-0.2, 0) is 24.0 Å². The third kappa shape index (κ3) is 4.54. The summed E-state index contributed by atoms with van der Waals surface area (Å²) in [6.45, 7) is 3.33. The quantitative estimate of drug-likeness (QED) is 0.462. The largest absolute Gasteiger partial charge is 0.490 e. The number of nitrogens with one attached hydrogen (secondary N) is 1. The van der Waals surface area contributed by atoms with Crippen LogP contribution in [-0.4, -0.2) is 22.2 Å². The zero-order chi connectivity index (χ0) is 23.0. The van der Waals surface area contributed by atoms with E-state index in [1.165, 1.54) is 6.07 Å². The van der Waals surface area contributed by atoms with E-state index in [9.17, 15) is 18.0 Å². The van der Waals surface area contributed by atoms with E-state index in [0.29, 0.717) is 11.3 Å². The number of hydrogen-bond donors (Lipinski definition) is 2. The smallest absolute Gasteiger partial charge is 0.419 e. The van der Waals surface area contributed by atoms with Crippen molar-refractivity contribution >= 4 is 16.9 Å². The molecule has 0 bridgehead atoms. The number of aliphatic carboxylic acids is 1. The number of H-pyrrole nitrogens is 1. The van der Waals surface area contributed by atoms with Crippen LogP contribution in [0.25, 0.3) is 10.9 Å². The summed E-state index contributed by atoms with van der Waals surface area (Å²) < 4.78 is 51.5. The van der Waals surface area contributed by atoms with Gasteiger partial charge in [-0.3, -0.25) is 4.79 Å². The van der Waals surface area contributed by atoms with Gasteiger partial charge in [-0.25, -0.2) is 0 Å². The van der Waals surface area contributed by atoms with Crippen molar-refractivity contribution in [2.24, 2.45) is 0 Å². The van der Waals surface area contributed by atoms with Crippen molar-refractivity contribution in [3.63, 3.8) is 0 Å². The molecule has 2 aromatic carbocycles. The van der Waals surface area contributed by atoms with Gasteiger partial charge in [0.15, 0.2) is 0 Å². The van der Waals surface area contributed by atoms with E-state index in [2.05, 4.69) is 4.98 Å². The van der Waals surface area contributed by atoms with E-state index in [1.807, 2.05) is 12.1 Å². The van der Waals surface area contributed by atoms with Crippen LogP contribution in [0.2, 0.25) is 0 Å². The lowest BCUT2D eigenvalue weighted by Crippen LogP contribution is -2.13. The molecule has 1 heterocycles. The Morgan fingerprint density at radius 2 is 2.00 bits per heavy atom. The number of rotatable bonds is 7. The van der Waals surface area contributed by atoms with Crippen molar-refractivity contribution in [2.45, 2.75) is 57.9 Å². The number of carboxylic acid groups (broad SMARTS) is 1. The molecule has 4 rings (SSSR count).